The Bertz CT molecular complexity index is 983. The smallest absolute Gasteiger partial charge is 0.261 e. The number of hydrogen-bond acceptors (Lipinski definition) is 4. The molecule has 1 aliphatic heterocycles. The Balaban J connectivity index is 1.59. The zero-order valence-electron chi connectivity index (χ0n) is 14.6. The number of fused-ring (bicyclic) bond motifs is 1. The Labute approximate surface area is 150 Å². The molecule has 0 atom stereocenters. The lowest BCUT2D eigenvalue weighted by molar-refractivity contribution is 0.0771. The van der Waals surface area contributed by atoms with Gasteiger partial charge in [-0.15, -0.1) is 0 Å². The largest absolute Gasteiger partial charge is 0.334 e. The summed E-state index contributed by atoms with van der Waals surface area (Å²) in [4.78, 5) is 41.6. The number of Topliss-reactive ketones (excluding diaryl/α,β-unsaturated/α-hetero) is 1. The molecule has 4 rings (SSSR count). The minimum atomic E-state index is -0.412. The summed E-state index contributed by atoms with van der Waals surface area (Å²) >= 11 is 0. The number of nitrogens with one attached hydrogen (secondary N) is 1. The molecule has 0 unspecified atom stereocenters. The highest BCUT2D eigenvalue weighted by atomic mass is 16.2. The van der Waals surface area contributed by atoms with E-state index in [1.54, 1.807) is 11.1 Å². The first kappa shape index (κ1) is 16.5. The van der Waals surface area contributed by atoms with Gasteiger partial charge in [0.2, 0.25) is 0 Å². The van der Waals surface area contributed by atoms with Crippen LogP contribution in [0.25, 0.3) is 5.57 Å². The third kappa shape index (κ3) is 2.79. The molecule has 0 fully saturated rings. The van der Waals surface area contributed by atoms with E-state index in [4.69, 9.17) is 0 Å². The van der Waals surface area contributed by atoms with Crippen molar-refractivity contribution in [3.05, 3.63) is 57.3 Å². The van der Waals surface area contributed by atoms with Gasteiger partial charge in [0.25, 0.3) is 11.5 Å². The standard InChI is InChI=1S/C19H20N4O3/c1-22-16(5-8-20-22)12-6-9-23(10-7-12)19(26)14-11-13-15(21-18(14)25)3-2-4-17(13)24/h5-6,8,11H,2-4,7,9-10H2,1H3,(H,21,25). The first-order chi connectivity index (χ1) is 12.5. The summed E-state index contributed by atoms with van der Waals surface area (Å²) in [5, 5.41) is 4.17. The summed E-state index contributed by atoms with van der Waals surface area (Å²) in [5.74, 6) is -0.332. The predicted octanol–water partition coefficient (Wildman–Crippen LogP) is 1.56. The number of carbonyl (C=O) groups excluding carboxylic acids is 2. The maximum atomic E-state index is 12.8. The Morgan fingerprint density at radius 3 is 2.77 bits per heavy atom. The molecular weight excluding hydrogens is 332 g/mol. The van der Waals surface area contributed by atoms with Gasteiger partial charge >= 0.3 is 0 Å². The normalized spacial score (nSPS) is 17.0. The van der Waals surface area contributed by atoms with Gasteiger partial charge in [-0.3, -0.25) is 19.1 Å². The van der Waals surface area contributed by atoms with Crippen molar-refractivity contribution in [3.8, 4) is 0 Å². The monoisotopic (exact) mass is 352 g/mol. The second-order valence-corrected chi connectivity index (χ2v) is 6.75. The van der Waals surface area contributed by atoms with E-state index in [1.807, 2.05) is 23.9 Å². The lowest BCUT2D eigenvalue weighted by Gasteiger charge is -2.27. The van der Waals surface area contributed by atoms with Gasteiger partial charge < -0.3 is 9.88 Å². The van der Waals surface area contributed by atoms with Gasteiger partial charge in [0, 0.05) is 44.0 Å². The van der Waals surface area contributed by atoms with E-state index in [9.17, 15) is 14.4 Å². The first-order valence-electron chi connectivity index (χ1n) is 8.80. The van der Waals surface area contributed by atoms with E-state index < -0.39 is 5.56 Å². The first-order valence-corrected chi connectivity index (χ1v) is 8.80. The quantitative estimate of drug-likeness (QED) is 0.888. The van der Waals surface area contributed by atoms with Crippen LogP contribution in [-0.4, -0.2) is 44.4 Å². The molecule has 2 aliphatic rings. The van der Waals surface area contributed by atoms with Crippen LogP contribution in [-0.2, 0) is 13.5 Å². The van der Waals surface area contributed by atoms with Gasteiger partial charge in [0.05, 0.1) is 5.69 Å². The summed E-state index contributed by atoms with van der Waals surface area (Å²) in [6, 6.07) is 3.43. The molecule has 134 valence electrons. The zero-order valence-corrected chi connectivity index (χ0v) is 14.6. The van der Waals surface area contributed by atoms with Gasteiger partial charge in [0.1, 0.15) is 5.56 Å². The lowest BCUT2D eigenvalue weighted by atomic mass is 9.93. The molecule has 1 aliphatic carbocycles. The Kier molecular flexibility index (Phi) is 4.06. The summed E-state index contributed by atoms with van der Waals surface area (Å²) in [6.07, 6.45) is 6.32. The average Bonchev–Trinajstić information content (AvgIpc) is 3.07. The SMILES string of the molecule is Cn1nccc1C1=CCN(C(=O)c2cc3c([nH]c2=O)CCCC3=O)CC1. The molecule has 1 amide bonds. The fourth-order valence-electron chi connectivity index (χ4n) is 3.68. The number of pyridine rings is 1. The number of hydrogen-bond donors (Lipinski definition) is 1. The molecule has 0 saturated carbocycles. The Hall–Kier alpha value is -2.96. The van der Waals surface area contributed by atoms with Crippen molar-refractivity contribution in [2.24, 2.45) is 7.05 Å². The molecule has 0 spiro atoms. The van der Waals surface area contributed by atoms with Crippen LogP contribution >= 0.6 is 0 Å². The molecule has 3 heterocycles. The summed E-state index contributed by atoms with van der Waals surface area (Å²) in [5.41, 5.74) is 2.96. The number of aryl methyl sites for hydroxylation is 2. The van der Waals surface area contributed by atoms with E-state index in [-0.39, 0.29) is 17.3 Å². The molecule has 2 aromatic rings. The van der Waals surface area contributed by atoms with E-state index in [1.165, 1.54) is 6.07 Å². The van der Waals surface area contributed by atoms with Crippen LogP contribution in [0, 0.1) is 0 Å². The molecule has 7 nitrogen and oxygen atoms in total. The van der Waals surface area contributed by atoms with Crippen LogP contribution in [0.15, 0.2) is 29.2 Å². The van der Waals surface area contributed by atoms with Crippen LogP contribution < -0.4 is 5.56 Å². The van der Waals surface area contributed by atoms with E-state index >= 15 is 0 Å². The van der Waals surface area contributed by atoms with Gasteiger partial charge in [-0.05, 0) is 37.0 Å². The molecule has 0 aromatic carbocycles. The van der Waals surface area contributed by atoms with Gasteiger partial charge in [-0.25, -0.2) is 0 Å². The highest BCUT2D eigenvalue weighted by molar-refractivity contribution is 6.01. The van der Waals surface area contributed by atoms with Crippen LogP contribution in [0.1, 0.15) is 51.4 Å². The predicted molar refractivity (Wildman–Crippen MR) is 96.0 cm³/mol. The van der Waals surface area contributed by atoms with Crippen LogP contribution in [0.4, 0.5) is 0 Å². The second-order valence-electron chi connectivity index (χ2n) is 6.75. The fourth-order valence-corrected chi connectivity index (χ4v) is 3.68. The van der Waals surface area contributed by atoms with E-state index in [0.717, 1.165) is 17.7 Å². The summed E-state index contributed by atoms with van der Waals surface area (Å²) in [7, 11) is 1.89. The van der Waals surface area contributed by atoms with Crippen LogP contribution in [0.3, 0.4) is 0 Å². The lowest BCUT2D eigenvalue weighted by Crippen LogP contribution is -2.38. The highest BCUT2D eigenvalue weighted by Gasteiger charge is 2.26. The van der Waals surface area contributed by atoms with Gasteiger partial charge in [-0.2, -0.15) is 5.10 Å². The van der Waals surface area contributed by atoms with Gasteiger partial charge in [-0.1, -0.05) is 6.08 Å². The highest BCUT2D eigenvalue weighted by Crippen LogP contribution is 2.23. The third-order valence-electron chi connectivity index (χ3n) is 5.13. The minimum absolute atomic E-state index is 0.00594. The number of aromatic amines is 1. The van der Waals surface area contributed by atoms with Crippen molar-refractivity contribution in [2.75, 3.05) is 13.1 Å². The Morgan fingerprint density at radius 1 is 1.23 bits per heavy atom. The Morgan fingerprint density at radius 2 is 2.08 bits per heavy atom. The molecule has 0 bridgehead atoms. The molecule has 26 heavy (non-hydrogen) atoms. The topological polar surface area (TPSA) is 88.1 Å². The number of amides is 1. The van der Waals surface area contributed by atoms with Gasteiger partial charge in [0.15, 0.2) is 5.78 Å². The molecule has 1 N–H and O–H groups in total. The number of carbonyl (C=O) groups is 2. The molecular formula is C19H20N4O3. The van der Waals surface area contributed by atoms with E-state index in [0.29, 0.717) is 43.6 Å². The second kappa shape index (κ2) is 6.40. The van der Waals surface area contributed by atoms with Crippen molar-refractivity contribution in [1.29, 1.82) is 0 Å². The van der Waals surface area contributed by atoms with Crippen molar-refractivity contribution in [1.82, 2.24) is 19.7 Å². The molecule has 7 heteroatoms. The molecule has 0 saturated heterocycles. The summed E-state index contributed by atoms with van der Waals surface area (Å²) in [6.45, 7) is 0.962. The fraction of sp³-hybridized carbons (Fsp3) is 0.368. The average molecular weight is 352 g/mol. The molecule has 2 aromatic heterocycles. The van der Waals surface area contributed by atoms with Crippen molar-refractivity contribution >= 4 is 17.3 Å². The van der Waals surface area contributed by atoms with Crippen molar-refractivity contribution < 1.29 is 9.59 Å². The number of ketones is 1. The van der Waals surface area contributed by atoms with Crippen molar-refractivity contribution in [3.63, 3.8) is 0 Å². The maximum absolute atomic E-state index is 12.8. The number of H-pyrrole nitrogens is 1. The van der Waals surface area contributed by atoms with E-state index in [2.05, 4.69) is 10.1 Å². The van der Waals surface area contributed by atoms with Crippen LogP contribution in [0.5, 0.6) is 0 Å². The number of aromatic nitrogens is 3. The van der Waals surface area contributed by atoms with Crippen molar-refractivity contribution in [2.45, 2.75) is 25.7 Å². The maximum Gasteiger partial charge on any atom is 0.261 e. The third-order valence-corrected chi connectivity index (χ3v) is 5.13. The number of rotatable bonds is 2. The molecule has 0 radical (unpaired) electrons. The zero-order chi connectivity index (χ0) is 18.3. The summed E-state index contributed by atoms with van der Waals surface area (Å²) < 4.78 is 1.81. The van der Waals surface area contributed by atoms with Crippen LogP contribution in [0.2, 0.25) is 0 Å². The minimum Gasteiger partial charge on any atom is -0.334 e. The number of nitrogens with zero attached hydrogens (tertiary/aromatic N) is 3.